The molecule has 148 valence electrons. The van der Waals surface area contributed by atoms with Crippen LogP contribution in [0, 0.1) is 0 Å². The van der Waals surface area contributed by atoms with E-state index < -0.39 is 0 Å². The van der Waals surface area contributed by atoms with Gasteiger partial charge in [0.1, 0.15) is 5.82 Å². The molecule has 2 aromatic rings. The Balaban J connectivity index is 1.65. The highest BCUT2D eigenvalue weighted by atomic mass is 16.5. The van der Waals surface area contributed by atoms with Crippen LogP contribution in [0.5, 0.6) is 0 Å². The van der Waals surface area contributed by atoms with Gasteiger partial charge in [-0.05, 0) is 73.9 Å². The van der Waals surface area contributed by atoms with E-state index in [-0.39, 0.29) is 0 Å². The fraction of sp³-hybridized carbons (Fsp3) is 0.522. The lowest BCUT2D eigenvalue weighted by atomic mass is 9.91. The summed E-state index contributed by atoms with van der Waals surface area (Å²) >= 11 is 0. The number of nitrogens with zero attached hydrogens (tertiary/aromatic N) is 4. The van der Waals surface area contributed by atoms with Crippen molar-refractivity contribution in [1.29, 1.82) is 0 Å². The second-order valence-electron chi connectivity index (χ2n) is 7.97. The number of aromatic nitrogens is 2. The van der Waals surface area contributed by atoms with Crippen LogP contribution in [0.4, 0.5) is 5.82 Å². The fourth-order valence-electron chi connectivity index (χ4n) is 4.38. The van der Waals surface area contributed by atoms with Gasteiger partial charge in [-0.25, -0.2) is 4.98 Å². The Morgan fingerprint density at radius 2 is 2.04 bits per heavy atom. The lowest BCUT2D eigenvalue weighted by molar-refractivity contribution is 0.0853. The zero-order chi connectivity index (χ0) is 19.3. The molecule has 2 fully saturated rings. The first-order valence-corrected chi connectivity index (χ1v) is 10.5. The molecule has 0 N–H and O–H groups in total. The lowest BCUT2D eigenvalue weighted by Gasteiger charge is -2.27. The molecule has 2 aliphatic rings. The van der Waals surface area contributed by atoms with E-state index in [9.17, 15) is 0 Å². The van der Waals surface area contributed by atoms with E-state index in [0.717, 1.165) is 61.8 Å². The predicted molar refractivity (Wildman–Crippen MR) is 114 cm³/mol. The van der Waals surface area contributed by atoms with E-state index in [4.69, 9.17) is 9.72 Å². The molecule has 4 rings (SSSR count). The third-order valence-corrected chi connectivity index (χ3v) is 5.91. The van der Waals surface area contributed by atoms with Crippen molar-refractivity contribution in [2.45, 2.75) is 51.0 Å². The van der Waals surface area contributed by atoms with E-state index in [0.29, 0.717) is 12.0 Å². The van der Waals surface area contributed by atoms with Gasteiger partial charge in [-0.2, -0.15) is 0 Å². The fourth-order valence-corrected chi connectivity index (χ4v) is 4.38. The zero-order valence-corrected chi connectivity index (χ0v) is 17.0. The smallest absolute Gasteiger partial charge is 0.129 e. The SMILES string of the molecule is CN=Cc1ccnc(Cc2cc(C3CCOCC3)cc(N3CCC[C@H]3C)n2)c1. The van der Waals surface area contributed by atoms with Gasteiger partial charge in [0.2, 0.25) is 0 Å². The molecule has 0 bridgehead atoms. The number of pyridine rings is 2. The quantitative estimate of drug-likeness (QED) is 0.738. The van der Waals surface area contributed by atoms with Crippen LogP contribution in [0.2, 0.25) is 0 Å². The first-order valence-electron chi connectivity index (χ1n) is 10.5. The molecule has 2 aliphatic heterocycles. The summed E-state index contributed by atoms with van der Waals surface area (Å²) in [5.74, 6) is 1.70. The summed E-state index contributed by atoms with van der Waals surface area (Å²) in [7, 11) is 1.79. The summed E-state index contributed by atoms with van der Waals surface area (Å²) in [5, 5.41) is 0. The van der Waals surface area contributed by atoms with Crippen molar-refractivity contribution in [2.75, 3.05) is 31.7 Å². The average Bonchev–Trinajstić information content (AvgIpc) is 3.15. The lowest BCUT2D eigenvalue weighted by Crippen LogP contribution is -2.28. The summed E-state index contributed by atoms with van der Waals surface area (Å²) in [5.41, 5.74) is 4.64. The standard InChI is InChI=1S/C23H30N4O/c1-17-4-3-9-27(17)23-14-20(19-6-10-28-11-7-19)13-22(26-23)15-21-12-18(16-24-2)5-8-25-21/h5,8,12-14,16-17,19H,3-4,6-7,9-11,15H2,1-2H3/t17-/m1/s1. The highest BCUT2D eigenvalue weighted by Gasteiger charge is 2.24. The summed E-state index contributed by atoms with van der Waals surface area (Å²) in [4.78, 5) is 16.2. The monoisotopic (exact) mass is 378 g/mol. The Bertz CT molecular complexity index is 829. The zero-order valence-electron chi connectivity index (χ0n) is 17.0. The third kappa shape index (κ3) is 4.41. The molecule has 0 spiro atoms. The van der Waals surface area contributed by atoms with Crippen LogP contribution < -0.4 is 4.90 Å². The van der Waals surface area contributed by atoms with Gasteiger partial charge in [-0.3, -0.25) is 9.98 Å². The van der Waals surface area contributed by atoms with Crippen molar-refractivity contribution in [3.05, 3.63) is 53.0 Å². The van der Waals surface area contributed by atoms with Gasteiger partial charge in [-0.1, -0.05) is 0 Å². The molecule has 0 saturated carbocycles. The molecule has 4 heterocycles. The van der Waals surface area contributed by atoms with Gasteiger partial charge < -0.3 is 9.64 Å². The van der Waals surface area contributed by atoms with Crippen molar-refractivity contribution >= 4 is 12.0 Å². The topological polar surface area (TPSA) is 50.6 Å². The third-order valence-electron chi connectivity index (χ3n) is 5.91. The van der Waals surface area contributed by atoms with Crippen molar-refractivity contribution in [3.63, 3.8) is 0 Å². The Morgan fingerprint density at radius 1 is 1.18 bits per heavy atom. The van der Waals surface area contributed by atoms with Gasteiger partial charge >= 0.3 is 0 Å². The van der Waals surface area contributed by atoms with Crippen LogP contribution in [-0.2, 0) is 11.2 Å². The molecule has 0 unspecified atom stereocenters. The van der Waals surface area contributed by atoms with Crippen LogP contribution in [0.25, 0.3) is 0 Å². The van der Waals surface area contributed by atoms with Gasteiger partial charge in [0.05, 0.1) is 0 Å². The largest absolute Gasteiger partial charge is 0.381 e. The molecule has 2 saturated heterocycles. The van der Waals surface area contributed by atoms with E-state index in [1.54, 1.807) is 7.05 Å². The minimum atomic E-state index is 0.563. The molecule has 0 amide bonds. The van der Waals surface area contributed by atoms with Gasteiger partial charge in [0.15, 0.2) is 0 Å². The second kappa shape index (κ2) is 8.82. The molecule has 5 nitrogen and oxygen atoms in total. The highest BCUT2D eigenvalue weighted by Crippen LogP contribution is 2.32. The first-order chi connectivity index (χ1) is 13.7. The number of ether oxygens (including phenoxy) is 1. The number of hydrogen-bond acceptors (Lipinski definition) is 5. The van der Waals surface area contributed by atoms with E-state index >= 15 is 0 Å². The van der Waals surface area contributed by atoms with Gasteiger partial charge in [-0.15, -0.1) is 0 Å². The number of anilines is 1. The minimum Gasteiger partial charge on any atom is -0.381 e. The van der Waals surface area contributed by atoms with Crippen molar-refractivity contribution in [1.82, 2.24) is 9.97 Å². The summed E-state index contributed by atoms with van der Waals surface area (Å²) < 4.78 is 5.58. The second-order valence-corrected chi connectivity index (χ2v) is 7.97. The Hall–Kier alpha value is -2.27. The van der Waals surface area contributed by atoms with Crippen LogP contribution in [-0.4, -0.2) is 49.0 Å². The normalized spacial score (nSPS) is 20.9. The van der Waals surface area contributed by atoms with Crippen LogP contribution in [0.15, 0.2) is 35.5 Å². The molecular formula is C23H30N4O. The summed E-state index contributed by atoms with van der Waals surface area (Å²) in [6.45, 7) is 5.13. The first kappa shape index (κ1) is 19.1. The summed E-state index contributed by atoms with van der Waals surface area (Å²) in [6, 6.07) is 9.28. The van der Waals surface area contributed by atoms with Crippen LogP contribution >= 0.6 is 0 Å². The molecule has 2 aromatic heterocycles. The maximum Gasteiger partial charge on any atom is 0.129 e. The Morgan fingerprint density at radius 3 is 2.79 bits per heavy atom. The minimum absolute atomic E-state index is 0.563. The number of rotatable bonds is 5. The maximum atomic E-state index is 5.58. The molecular weight excluding hydrogens is 348 g/mol. The molecule has 5 heteroatoms. The van der Waals surface area contributed by atoms with Crippen molar-refractivity contribution in [2.24, 2.45) is 4.99 Å². The maximum absolute atomic E-state index is 5.58. The van der Waals surface area contributed by atoms with E-state index in [2.05, 4.69) is 40.0 Å². The van der Waals surface area contributed by atoms with Crippen molar-refractivity contribution < 1.29 is 4.74 Å². The summed E-state index contributed by atoms with van der Waals surface area (Å²) in [6.07, 6.45) is 9.17. The Labute approximate surface area is 167 Å². The number of hydrogen-bond donors (Lipinski definition) is 0. The van der Waals surface area contributed by atoms with Crippen LogP contribution in [0.1, 0.15) is 61.0 Å². The highest BCUT2D eigenvalue weighted by molar-refractivity contribution is 5.79. The molecule has 0 radical (unpaired) electrons. The van der Waals surface area contributed by atoms with Gasteiger partial charge in [0.25, 0.3) is 0 Å². The molecule has 1 atom stereocenters. The van der Waals surface area contributed by atoms with E-state index in [1.807, 2.05) is 18.5 Å². The Kier molecular flexibility index (Phi) is 6.01. The van der Waals surface area contributed by atoms with Crippen molar-refractivity contribution in [3.8, 4) is 0 Å². The average molecular weight is 379 g/mol. The molecule has 0 aliphatic carbocycles. The van der Waals surface area contributed by atoms with Crippen LogP contribution in [0.3, 0.4) is 0 Å². The predicted octanol–water partition coefficient (Wildman–Crippen LogP) is 4.00. The number of aliphatic imine (C=N–C) groups is 1. The molecule has 0 aromatic carbocycles. The molecule has 28 heavy (non-hydrogen) atoms. The van der Waals surface area contributed by atoms with Gasteiger partial charge in [0, 0.05) is 63.1 Å². The van der Waals surface area contributed by atoms with E-state index in [1.165, 1.54) is 18.4 Å².